The van der Waals surface area contributed by atoms with Gasteiger partial charge >= 0.3 is 0 Å². The summed E-state index contributed by atoms with van der Waals surface area (Å²) in [6.45, 7) is 9.34. The van der Waals surface area contributed by atoms with Crippen LogP contribution in [0.4, 0.5) is 5.82 Å². The zero-order chi connectivity index (χ0) is 15.4. The zero-order valence-corrected chi connectivity index (χ0v) is 13.2. The molecule has 0 spiro atoms. The molecule has 5 nitrogen and oxygen atoms in total. The lowest BCUT2D eigenvalue weighted by atomic mass is 10.0. The fraction of sp³-hybridized carbons (Fsp3) is 0.625. The number of piperidine rings is 1. The van der Waals surface area contributed by atoms with Crippen LogP contribution in [0.5, 0.6) is 0 Å². The molecule has 5 heteroatoms. The van der Waals surface area contributed by atoms with Crippen molar-refractivity contribution in [1.29, 1.82) is 0 Å². The van der Waals surface area contributed by atoms with E-state index < -0.39 is 0 Å². The molecule has 1 aliphatic heterocycles. The number of anilines is 1. The molecule has 0 bridgehead atoms. The maximum atomic E-state index is 12.4. The number of pyridine rings is 1. The fourth-order valence-corrected chi connectivity index (χ4v) is 2.73. The van der Waals surface area contributed by atoms with Gasteiger partial charge in [-0.05, 0) is 44.0 Å². The largest absolute Gasteiger partial charge is 0.384 e. The van der Waals surface area contributed by atoms with E-state index in [0.29, 0.717) is 11.4 Å². The van der Waals surface area contributed by atoms with Crippen molar-refractivity contribution in [2.24, 2.45) is 0 Å². The minimum atomic E-state index is -0.0473. The second-order valence-electron chi connectivity index (χ2n) is 6.07. The van der Waals surface area contributed by atoms with E-state index in [1.54, 1.807) is 6.07 Å². The van der Waals surface area contributed by atoms with Crippen molar-refractivity contribution in [3.63, 3.8) is 0 Å². The number of aromatic nitrogens is 1. The lowest BCUT2D eigenvalue weighted by Crippen LogP contribution is -2.47. The molecule has 1 fully saturated rings. The van der Waals surface area contributed by atoms with Crippen LogP contribution in [0.25, 0.3) is 0 Å². The smallest absolute Gasteiger partial charge is 0.251 e. The number of carbonyl (C=O) groups excluding carboxylic acids is 1. The van der Waals surface area contributed by atoms with Gasteiger partial charge in [0.1, 0.15) is 5.82 Å². The third kappa shape index (κ3) is 4.17. The third-order valence-electron chi connectivity index (χ3n) is 4.01. The third-order valence-corrected chi connectivity index (χ3v) is 4.01. The lowest BCUT2D eigenvalue weighted by molar-refractivity contribution is 0.0905. The molecule has 2 rings (SSSR count). The molecular formula is C16H26N4O. The summed E-state index contributed by atoms with van der Waals surface area (Å²) in [5.41, 5.74) is 7.28. The summed E-state index contributed by atoms with van der Waals surface area (Å²) < 4.78 is 0. The number of likely N-dealkylation sites (tertiary alicyclic amines) is 1. The first kappa shape index (κ1) is 15.8. The number of nitrogens with zero attached hydrogens (tertiary/aromatic N) is 2. The van der Waals surface area contributed by atoms with Gasteiger partial charge in [0.15, 0.2) is 0 Å². The summed E-state index contributed by atoms with van der Waals surface area (Å²) in [5, 5.41) is 3.13. The Bertz CT molecular complexity index is 501. The van der Waals surface area contributed by atoms with Gasteiger partial charge in [-0.1, -0.05) is 20.8 Å². The summed E-state index contributed by atoms with van der Waals surface area (Å²) in [5.74, 6) is 0.615. The quantitative estimate of drug-likeness (QED) is 0.889. The normalized spacial score (nSPS) is 19.7. The van der Waals surface area contributed by atoms with E-state index in [1.165, 1.54) is 0 Å². The Hall–Kier alpha value is -1.62. The molecule has 2 heterocycles. The SMILES string of the molecule is CCN1CCCC(NC(=O)c2cc(N)nc(C(C)C)c2)C1. The number of hydrogen-bond donors (Lipinski definition) is 2. The lowest BCUT2D eigenvalue weighted by Gasteiger charge is -2.32. The number of hydrogen-bond acceptors (Lipinski definition) is 4. The van der Waals surface area contributed by atoms with Crippen molar-refractivity contribution in [1.82, 2.24) is 15.2 Å². The number of carbonyl (C=O) groups is 1. The monoisotopic (exact) mass is 290 g/mol. The van der Waals surface area contributed by atoms with E-state index in [4.69, 9.17) is 5.73 Å². The van der Waals surface area contributed by atoms with Gasteiger partial charge in [0, 0.05) is 23.8 Å². The topological polar surface area (TPSA) is 71.2 Å². The molecule has 0 aromatic carbocycles. The molecule has 1 amide bonds. The summed E-state index contributed by atoms with van der Waals surface area (Å²) in [6, 6.07) is 3.72. The summed E-state index contributed by atoms with van der Waals surface area (Å²) in [4.78, 5) is 19.1. The van der Waals surface area contributed by atoms with Crippen LogP contribution in [-0.4, -0.2) is 41.5 Å². The van der Waals surface area contributed by atoms with Crippen LogP contribution in [0.1, 0.15) is 55.6 Å². The van der Waals surface area contributed by atoms with Crippen LogP contribution < -0.4 is 11.1 Å². The standard InChI is InChI=1S/C16H26N4O/c1-4-20-7-5-6-13(10-20)18-16(21)12-8-14(11(2)3)19-15(17)9-12/h8-9,11,13H,4-7,10H2,1-3H3,(H2,17,19)(H,18,21). The minimum absolute atomic E-state index is 0.0473. The van der Waals surface area contributed by atoms with Gasteiger partial charge in [-0.15, -0.1) is 0 Å². The van der Waals surface area contributed by atoms with Crippen LogP contribution in [0.2, 0.25) is 0 Å². The maximum absolute atomic E-state index is 12.4. The van der Waals surface area contributed by atoms with E-state index in [9.17, 15) is 4.79 Å². The van der Waals surface area contributed by atoms with Gasteiger partial charge in [-0.2, -0.15) is 0 Å². The molecule has 1 aromatic rings. The number of rotatable bonds is 4. The molecule has 1 unspecified atom stereocenters. The van der Waals surface area contributed by atoms with E-state index in [1.807, 2.05) is 19.9 Å². The van der Waals surface area contributed by atoms with Crippen LogP contribution in [0.3, 0.4) is 0 Å². The molecule has 1 aromatic heterocycles. The van der Waals surface area contributed by atoms with E-state index in [0.717, 1.165) is 38.2 Å². The summed E-state index contributed by atoms with van der Waals surface area (Å²) >= 11 is 0. The average molecular weight is 290 g/mol. The van der Waals surface area contributed by atoms with Crippen molar-refractivity contribution in [3.8, 4) is 0 Å². The van der Waals surface area contributed by atoms with Gasteiger partial charge in [0.2, 0.25) is 0 Å². The van der Waals surface area contributed by atoms with Gasteiger partial charge < -0.3 is 16.0 Å². The predicted octanol–water partition coefficient (Wildman–Crippen LogP) is 2.00. The molecular weight excluding hydrogens is 264 g/mol. The summed E-state index contributed by atoms with van der Waals surface area (Å²) in [6.07, 6.45) is 2.17. The van der Waals surface area contributed by atoms with Crippen molar-refractivity contribution in [2.75, 3.05) is 25.4 Å². The molecule has 3 N–H and O–H groups in total. The average Bonchev–Trinajstić information content (AvgIpc) is 2.46. The highest BCUT2D eigenvalue weighted by atomic mass is 16.1. The predicted molar refractivity (Wildman–Crippen MR) is 85.3 cm³/mol. The van der Waals surface area contributed by atoms with Crippen molar-refractivity contribution in [3.05, 3.63) is 23.4 Å². The highest BCUT2D eigenvalue weighted by molar-refractivity contribution is 5.95. The number of likely N-dealkylation sites (N-methyl/N-ethyl adjacent to an activating group) is 1. The molecule has 0 aliphatic carbocycles. The van der Waals surface area contributed by atoms with Crippen LogP contribution in [0, 0.1) is 0 Å². The van der Waals surface area contributed by atoms with Crippen molar-refractivity contribution >= 4 is 11.7 Å². The first-order valence-electron chi connectivity index (χ1n) is 7.80. The molecule has 1 atom stereocenters. The Morgan fingerprint density at radius 1 is 1.52 bits per heavy atom. The Labute approximate surface area is 126 Å². The van der Waals surface area contributed by atoms with E-state index >= 15 is 0 Å². The van der Waals surface area contributed by atoms with Gasteiger partial charge in [-0.3, -0.25) is 4.79 Å². The molecule has 1 saturated heterocycles. The van der Waals surface area contributed by atoms with Crippen LogP contribution in [0.15, 0.2) is 12.1 Å². The number of nitrogens with one attached hydrogen (secondary N) is 1. The highest BCUT2D eigenvalue weighted by Gasteiger charge is 2.21. The first-order chi connectivity index (χ1) is 9.99. The summed E-state index contributed by atoms with van der Waals surface area (Å²) in [7, 11) is 0. The fourth-order valence-electron chi connectivity index (χ4n) is 2.73. The van der Waals surface area contributed by atoms with Crippen LogP contribution in [-0.2, 0) is 0 Å². The molecule has 1 aliphatic rings. The second kappa shape index (κ2) is 6.89. The Morgan fingerprint density at radius 3 is 2.95 bits per heavy atom. The Balaban J connectivity index is 2.06. The van der Waals surface area contributed by atoms with Crippen molar-refractivity contribution < 1.29 is 4.79 Å². The maximum Gasteiger partial charge on any atom is 0.251 e. The van der Waals surface area contributed by atoms with E-state index in [-0.39, 0.29) is 17.9 Å². The van der Waals surface area contributed by atoms with Gasteiger partial charge in [0.05, 0.1) is 0 Å². The first-order valence-corrected chi connectivity index (χ1v) is 7.80. The molecule has 0 saturated carbocycles. The minimum Gasteiger partial charge on any atom is -0.384 e. The zero-order valence-electron chi connectivity index (χ0n) is 13.2. The van der Waals surface area contributed by atoms with Crippen molar-refractivity contribution in [2.45, 2.75) is 45.6 Å². The van der Waals surface area contributed by atoms with Crippen LogP contribution >= 0.6 is 0 Å². The van der Waals surface area contributed by atoms with E-state index in [2.05, 4.69) is 22.1 Å². The van der Waals surface area contributed by atoms with Gasteiger partial charge in [0.25, 0.3) is 5.91 Å². The number of nitrogen functional groups attached to an aromatic ring is 1. The molecule has 0 radical (unpaired) electrons. The molecule has 21 heavy (non-hydrogen) atoms. The highest BCUT2D eigenvalue weighted by Crippen LogP contribution is 2.17. The molecule has 116 valence electrons. The Kier molecular flexibility index (Phi) is 5.17. The van der Waals surface area contributed by atoms with Gasteiger partial charge in [-0.25, -0.2) is 4.98 Å². The Morgan fingerprint density at radius 2 is 2.29 bits per heavy atom. The second-order valence-corrected chi connectivity index (χ2v) is 6.07. The number of nitrogens with two attached hydrogens (primary N) is 1. The number of amides is 1.